The standard InChI is InChI=1S/C17H28N4O2/c1-17(2,3)23-16(22)20-15-7-6-14(13-19-15)12-18-8-11-21-9-4-5-10-21/h6-7,13,18H,4-5,8-12H2,1-3H3,(H,19,20,22). The van der Waals surface area contributed by atoms with Gasteiger partial charge >= 0.3 is 6.09 Å². The monoisotopic (exact) mass is 320 g/mol. The minimum atomic E-state index is -0.511. The lowest BCUT2D eigenvalue weighted by Crippen LogP contribution is -2.29. The molecule has 6 heteroatoms. The molecular weight excluding hydrogens is 292 g/mol. The summed E-state index contributed by atoms with van der Waals surface area (Å²) in [4.78, 5) is 18.4. The molecule has 23 heavy (non-hydrogen) atoms. The maximum Gasteiger partial charge on any atom is 0.413 e. The van der Waals surface area contributed by atoms with Crippen molar-refractivity contribution in [1.82, 2.24) is 15.2 Å². The summed E-state index contributed by atoms with van der Waals surface area (Å²) in [7, 11) is 0. The van der Waals surface area contributed by atoms with Gasteiger partial charge in [0, 0.05) is 25.8 Å². The van der Waals surface area contributed by atoms with E-state index in [0.717, 1.165) is 25.2 Å². The van der Waals surface area contributed by atoms with Crippen molar-refractivity contribution in [1.29, 1.82) is 0 Å². The summed E-state index contributed by atoms with van der Waals surface area (Å²) in [6, 6.07) is 3.75. The fraction of sp³-hybridized carbons (Fsp3) is 0.647. The first-order valence-electron chi connectivity index (χ1n) is 8.30. The predicted octanol–water partition coefficient (Wildman–Crippen LogP) is 2.61. The number of nitrogens with zero attached hydrogens (tertiary/aromatic N) is 2. The molecule has 1 aliphatic rings. The molecule has 0 unspecified atom stereocenters. The first kappa shape index (κ1) is 17.7. The van der Waals surface area contributed by atoms with Crippen molar-refractivity contribution < 1.29 is 9.53 Å². The third kappa shape index (κ3) is 6.97. The average molecular weight is 320 g/mol. The first-order valence-corrected chi connectivity index (χ1v) is 8.30. The van der Waals surface area contributed by atoms with E-state index in [-0.39, 0.29) is 0 Å². The molecule has 1 fully saturated rings. The van der Waals surface area contributed by atoms with Crippen LogP contribution < -0.4 is 10.6 Å². The van der Waals surface area contributed by atoms with Crippen LogP contribution in [0, 0.1) is 0 Å². The van der Waals surface area contributed by atoms with E-state index in [1.54, 1.807) is 12.3 Å². The zero-order valence-corrected chi connectivity index (χ0v) is 14.4. The Hall–Kier alpha value is -1.66. The van der Waals surface area contributed by atoms with Crippen molar-refractivity contribution in [2.24, 2.45) is 0 Å². The van der Waals surface area contributed by atoms with Crippen molar-refractivity contribution in [3.63, 3.8) is 0 Å². The highest BCUT2D eigenvalue weighted by atomic mass is 16.6. The molecule has 0 spiro atoms. The smallest absolute Gasteiger partial charge is 0.413 e. The van der Waals surface area contributed by atoms with Crippen LogP contribution in [-0.2, 0) is 11.3 Å². The van der Waals surface area contributed by atoms with E-state index in [4.69, 9.17) is 4.74 Å². The molecule has 0 aromatic carbocycles. The van der Waals surface area contributed by atoms with E-state index in [1.807, 2.05) is 26.8 Å². The van der Waals surface area contributed by atoms with Crippen LogP contribution in [0.25, 0.3) is 0 Å². The van der Waals surface area contributed by atoms with Gasteiger partial charge in [0.05, 0.1) is 0 Å². The van der Waals surface area contributed by atoms with Crippen LogP contribution in [0.15, 0.2) is 18.3 Å². The fourth-order valence-electron chi connectivity index (χ4n) is 2.49. The Morgan fingerprint density at radius 3 is 2.65 bits per heavy atom. The van der Waals surface area contributed by atoms with Crippen LogP contribution in [0.4, 0.5) is 10.6 Å². The molecule has 0 saturated carbocycles. The van der Waals surface area contributed by atoms with E-state index in [2.05, 4.69) is 20.5 Å². The zero-order chi connectivity index (χ0) is 16.7. The number of hydrogen-bond acceptors (Lipinski definition) is 5. The summed E-state index contributed by atoms with van der Waals surface area (Å²) in [5.74, 6) is 0.500. The second kappa shape index (κ2) is 8.26. The minimum Gasteiger partial charge on any atom is -0.444 e. The molecule has 0 atom stereocenters. The number of carbonyl (C=O) groups is 1. The average Bonchev–Trinajstić information content (AvgIpc) is 2.96. The van der Waals surface area contributed by atoms with Gasteiger partial charge in [0.1, 0.15) is 11.4 Å². The number of aromatic nitrogens is 1. The van der Waals surface area contributed by atoms with Crippen LogP contribution in [0.2, 0.25) is 0 Å². The molecule has 1 aromatic heterocycles. The Kier molecular flexibility index (Phi) is 6.36. The van der Waals surface area contributed by atoms with Gasteiger partial charge in [-0.3, -0.25) is 5.32 Å². The molecule has 0 radical (unpaired) electrons. The van der Waals surface area contributed by atoms with E-state index >= 15 is 0 Å². The van der Waals surface area contributed by atoms with Gasteiger partial charge in [-0.2, -0.15) is 0 Å². The highest BCUT2D eigenvalue weighted by Gasteiger charge is 2.16. The normalized spacial score (nSPS) is 15.6. The summed E-state index contributed by atoms with van der Waals surface area (Å²) in [5.41, 5.74) is 0.588. The number of amides is 1. The number of carbonyl (C=O) groups excluding carboxylic acids is 1. The van der Waals surface area contributed by atoms with Gasteiger partial charge in [0.15, 0.2) is 0 Å². The second-order valence-electron chi connectivity index (χ2n) is 6.90. The summed E-state index contributed by atoms with van der Waals surface area (Å²) in [5, 5.41) is 6.06. The number of pyridine rings is 1. The van der Waals surface area contributed by atoms with Gasteiger partial charge in [0.2, 0.25) is 0 Å². The second-order valence-corrected chi connectivity index (χ2v) is 6.90. The fourth-order valence-corrected chi connectivity index (χ4v) is 2.49. The van der Waals surface area contributed by atoms with Crippen LogP contribution >= 0.6 is 0 Å². The van der Waals surface area contributed by atoms with Crippen LogP contribution in [-0.4, -0.2) is 47.8 Å². The van der Waals surface area contributed by atoms with Crippen molar-refractivity contribution >= 4 is 11.9 Å². The molecular formula is C17H28N4O2. The molecule has 2 N–H and O–H groups in total. The summed E-state index contributed by atoms with van der Waals surface area (Å²) in [6.45, 7) is 10.8. The Labute approximate surface area is 138 Å². The number of rotatable bonds is 6. The molecule has 0 aliphatic carbocycles. The number of likely N-dealkylation sites (tertiary alicyclic amines) is 1. The third-order valence-electron chi connectivity index (χ3n) is 3.59. The molecule has 128 valence electrons. The Morgan fingerprint density at radius 2 is 2.04 bits per heavy atom. The highest BCUT2D eigenvalue weighted by molar-refractivity contribution is 5.83. The molecule has 1 saturated heterocycles. The van der Waals surface area contributed by atoms with E-state index in [9.17, 15) is 4.79 Å². The van der Waals surface area contributed by atoms with Crippen molar-refractivity contribution in [2.75, 3.05) is 31.5 Å². The van der Waals surface area contributed by atoms with E-state index in [1.165, 1.54) is 25.9 Å². The number of nitrogens with one attached hydrogen (secondary N) is 2. The van der Waals surface area contributed by atoms with Crippen molar-refractivity contribution in [3.8, 4) is 0 Å². The molecule has 0 bridgehead atoms. The Morgan fingerprint density at radius 1 is 1.30 bits per heavy atom. The van der Waals surface area contributed by atoms with Crippen LogP contribution in [0.1, 0.15) is 39.2 Å². The quantitative estimate of drug-likeness (QED) is 0.789. The highest BCUT2D eigenvalue weighted by Crippen LogP contribution is 2.10. The van der Waals surface area contributed by atoms with E-state index < -0.39 is 11.7 Å². The molecule has 1 aromatic rings. The largest absolute Gasteiger partial charge is 0.444 e. The van der Waals surface area contributed by atoms with Gasteiger partial charge in [-0.25, -0.2) is 9.78 Å². The van der Waals surface area contributed by atoms with E-state index in [0.29, 0.717) is 5.82 Å². The number of ether oxygens (including phenoxy) is 1. The van der Waals surface area contributed by atoms with Crippen molar-refractivity contribution in [3.05, 3.63) is 23.9 Å². The topological polar surface area (TPSA) is 66.5 Å². The lowest BCUT2D eigenvalue weighted by atomic mass is 10.2. The molecule has 1 aliphatic heterocycles. The number of hydrogen-bond donors (Lipinski definition) is 2. The minimum absolute atomic E-state index is 0.485. The first-order chi connectivity index (χ1) is 10.9. The van der Waals surface area contributed by atoms with Gasteiger partial charge in [0.25, 0.3) is 0 Å². The molecule has 2 heterocycles. The molecule has 6 nitrogen and oxygen atoms in total. The van der Waals surface area contributed by atoms with Crippen LogP contribution in [0.3, 0.4) is 0 Å². The predicted molar refractivity (Wildman–Crippen MR) is 91.5 cm³/mol. The Bertz CT molecular complexity index is 490. The van der Waals surface area contributed by atoms with Gasteiger partial charge in [-0.15, -0.1) is 0 Å². The summed E-state index contributed by atoms with van der Waals surface area (Å²) in [6.07, 6.45) is 3.95. The zero-order valence-electron chi connectivity index (χ0n) is 14.4. The molecule has 2 rings (SSSR count). The van der Waals surface area contributed by atoms with Crippen LogP contribution in [0.5, 0.6) is 0 Å². The van der Waals surface area contributed by atoms with Gasteiger partial charge < -0.3 is 15.0 Å². The third-order valence-corrected chi connectivity index (χ3v) is 3.59. The van der Waals surface area contributed by atoms with Gasteiger partial charge in [-0.05, 0) is 58.3 Å². The summed E-state index contributed by atoms with van der Waals surface area (Å²) < 4.78 is 5.19. The maximum atomic E-state index is 11.7. The maximum absolute atomic E-state index is 11.7. The SMILES string of the molecule is CC(C)(C)OC(=O)Nc1ccc(CNCCN2CCCC2)cn1. The van der Waals surface area contributed by atoms with Gasteiger partial charge in [-0.1, -0.05) is 6.07 Å². The summed E-state index contributed by atoms with van der Waals surface area (Å²) >= 11 is 0. The van der Waals surface area contributed by atoms with Crippen molar-refractivity contribution in [2.45, 2.75) is 45.8 Å². The lowest BCUT2D eigenvalue weighted by Gasteiger charge is -2.19. The Balaban J connectivity index is 1.68. The molecule has 1 amide bonds. The number of anilines is 1. The lowest BCUT2D eigenvalue weighted by molar-refractivity contribution is 0.0635.